The molecule has 3 N–H and O–H groups in total. The van der Waals surface area contributed by atoms with Crippen molar-refractivity contribution in [3.63, 3.8) is 0 Å². The third-order valence-corrected chi connectivity index (χ3v) is 4.20. The van der Waals surface area contributed by atoms with Crippen LogP contribution in [0, 0.1) is 22.1 Å². The second kappa shape index (κ2) is 6.88. The average Bonchev–Trinajstić information content (AvgIpc) is 2.49. The SMILES string of the molecule is Cc1cc(I)ccc1Nc1c(C(=O)NO)cc(Br)c(F)c1F. The van der Waals surface area contributed by atoms with Crippen LogP contribution in [0.15, 0.2) is 28.7 Å². The van der Waals surface area contributed by atoms with Crippen LogP contribution in [-0.4, -0.2) is 11.1 Å². The number of benzene rings is 2. The molecule has 0 bridgehead atoms. The molecule has 2 aromatic carbocycles. The van der Waals surface area contributed by atoms with Crippen molar-refractivity contribution >= 4 is 55.8 Å². The minimum Gasteiger partial charge on any atom is -0.352 e. The van der Waals surface area contributed by atoms with E-state index in [1.54, 1.807) is 19.1 Å². The van der Waals surface area contributed by atoms with Gasteiger partial charge in [-0.1, -0.05) is 0 Å². The normalized spacial score (nSPS) is 10.5. The van der Waals surface area contributed by atoms with E-state index >= 15 is 0 Å². The number of rotatable bonds is 3. The number of halogens is 4. The van der Waals surface area contributed by atoms with Crippen LogP contribution < -0.4 is 10.8 Å². The molecule has 2 aromatic rings. The zero-order valence-corrected chi connectivity index (χ0v) is 14.9. The Morgan fingerprint density at radius 1 is 1.27 bits per heavy atom. The lowest BCUT2D eigenvalue weighted by Gasteiger charge is -2.15. The maximum absolute atomic E-state index is 14.2. The van der Waals surface area contributed by atoms with Gasteiger partial charge in [0.2, 0.25) is 0 Å². The van der Waals surface area contributed by atoms with Crippen molar-refractivity contribution in [2.24, 2.45) is 0 Å². The van der Waals surface area contributed by atoms with E-state index in [2.05, 4.69) is 43.8 Å². The van der Waals surface area contributed by atoms with Crippen molar-refractivity contribution < 1.29 is 18.8 Å². The van der Waals surface area contributed by atoms with Crippen molar-refractivity contribution in [1.29, 1.82) is 0 Å². The van der Waals surface area contributed by atoms with Gasteiger partial charge in [-0.3, -0.25) is 10.0 Å². The average molecular weight is 483 g/mol. The van der Waals surface area contributed by atoms with Crippen molar-refractivity contribution in [1.82, 2.24) is 5.48 Å². The Hall–Kier alpha value is -1.26. The van der Waals surface area contributed by atoms with Gasteiger partial charge in [0.1, 0.15) is 0 Å². The van der Waals surface area contributed by atoms with E-state index in [-0.39, 0.29) is 15.7 Å². The van der Waals surface area contributed by atoms with E-state index in [9.17, 15) is 13.6 Å². The Labute approximate surface area is 147 Å². The van der Waals surface area contributed by atoms with Crippen LogP contribution in [-0.2, 0) is 0 Å². The number of carbonyl (C=O) groups excluding carboxylic acids is 1. The first-order valence-corrected chi connectivity index (χ1v) is 7.87. The number of hydrogen-bond acceptors (Lipinski definition) is 3. The quantitative estimate of drug-likeness (QED) is 0.261. The van der Waals surface area contributed by atoms with Crippen molar-refractivity contribution in [2.45, 2.75) is 6.92 Å². The first-order chi connectivity index (χ1) is 10.3. The Morgan fingerprint density at radius 3 is 2.55 bits per heavy atom. The number of amides is 1. The van der Waals surface area contributed by atoms with Gasteiger partial charge >= 0.3 is 0 Å². The van der Waals surface area contributed by atoms with E-state index < -0.39 is 17.5 Å². The highest BCUT2D eigenvalue weighted by atomic mass is 127. The van der Waals surface area contributed by atoms with Gasteiger partial charge in [-0.25, -0.2) is 14.3 Å². The number of carbonyl (C=O) groups is 1. The van der Waals surface area contributed by atoms with Crippen LogP contribution in [0.2, 0.25) is 0 Å². The lowest BCUT2D eigenvalue weighted by molar-refractivity contribution is 0.0706. The topological polar surface area (TPSA) is 61.4 Å². The molecule has 0 aliphatic heterocycles. The number of hydroxylamine groups is 1. The molecule has 2 rings (SSSR count). The summed E-state index contributed by atoms with van der Waals surface area (Å²) < 4.78 is 28.7. The molecule has 4 nitrogen and oxygen atoms in total. The number of aryl methyl sites for hydroxylation is 1. The molecule has 0 spiro atoms. The number of hydrogen-bond donors (Lipinski definition) is 3. The summed E-state index contributed by atoms with van der Waals surface area (Å²) in [6.07, 6.45) is 0. The van der Waals surface area contributed by atoms with E-state index in [1.165, 1.54) is 5.48 Å². The van der Waals surface area contributed by atoms with Gasteiger partial charge in [-0.05, 0) is 75.3 Å². The van der Waals surface area contributed by atoms with E-state index in [1.807, 2.05) is 6.07 Å². The minimum atomic E-state index is -1.22. The van der Waals surface area contributed by atoms with Gasteiger partial charge in [0.25, 0.3) is 5.91 Å². The molecule has 0 unspecified atom stereocenters. The maximum Gasteiger partial charge on any atom is 0.276 e. The zero-order chi connectivity index (χ0) is 16.4. The fraction of sp³-hybridized carbons (Fsp3) is 0.0714. The highest BCUT2D eigenvalue weighted by Crippen LogP contribution is 2.32. The molecule has 0 fully saturated rings. The predicted molar refractivity (Wildman–Crippen MR) is 90.5 cm³/mol. The lowest BCUT2D eigenvalue weighted by atomic mass is 10.1. The molecule has 1 amide bonds. The van der Waals surface area contributed by atoms with Crippen LogP contribution in [0.1, 0.15) is 15.9 Å². The second-order valence-electron chi connectivity index (χ2n) is 4.43. The second-order valence-corrected chi connectivity index (χ2v) is 6.53. The molecule has 0 saturated carbocycles. The van der Waals surface area contributed by atoms with E-state index in [4.69, 9.17) is 5.21 Å². The summed E-state index contributed by atoms with van der Waals surface area (Å²) in [5, 5.41) is 11.5. The van der Waals surface area contributed by atoms with E-state index in [0.717, 1.165) is 15.2 Å². The summed E-state index contributed by atoms with van der Waals surface area (Å²) in [5.41, 5.74) is 2.15. The fourth-order valence-electron chi connectivity index (χ4n) is 1.86. The van der Waals surface area contributed by atoms with Gasteiger partial charge in [0.05, 0.1) is 15.7 Å². The van der Waals surface area contributed by atoms with Gasteiger partial charge in [-0.2, -0.15) is 0 Å². The fourth-order valence-corrected chi connectivity index (χ4v) is 2.91. The van der Waals surface area contributed by atoms with Crippen LogP contribution in [0.4, 0.5) is 20.2 Å². The Bertz CT molecular complexity index is 756. The van der Waals surface area contributed by atoms with Gasteiger partial charge in [-0.15, -0.1) is 0 Å². The van der Waals surface area contributed by atoms with Gasteiger partial charge < -0.3 is 5.32 Å². The Balaban J connectivity index is 2.58. The molecule has 0 radical (unpaired) electrons. The van der Waals surface area contributed by atoms with Crippen molar-refractivity contribution in [3.05, 3.63) is 55.1 Å². The molecular formula is C14H10BrF2IN2O2. The highest BCUT2D eigenvalue weighted by molar-refractivity contribution is 14.1. The summed E-state index contributed by atoms with van der Waals surface area (Å²) in [5.74, 6) is -3.30. The largest absolute Gasteiger partial charge is 0.352 e. The third-order valence-electron chi connectivity index (χ3n) is 2.96. The molecular weight excluding hydrogens is 473 g/mol. The molecule has 0 aliphatic rings. The number of nitrogens with one attached hydrogen (secondary N) is 2. The zero-order valence-electron chi connectivity index (χ0n) is 11.2. The molecule has 0 aliphatic carbocycles. The van der Waals surface area contributed by atoms with E-state index in [0.29, 0.717) is 5.69 Å². The molecule has 22 heavy (non-hydrogen) atoms. The lowest BCUT2D eigenvalue weighted by Crippen LogP contribution is -2.21. The van der Waals surface area contributed by atoms with Gasteiger partial charge in [0, 0.05) is 9.26 Å². The standard InChI is InChI=1S/C14H10BrF2IN2O2/c1-6-4-7(18)2-3-10(6)19-13-8(14(21)20-22)5-9(15)11(16)12(13)17/h2-5,19,22H,1H3,(H,20,21). The van der Waals surface area contributed by atoms with Crippen molar-refractivity contribution in [2.75, 3.05) is 5.32 Å². The molecule has 8 heteroatoms. The maximum atomic E-state index is 14.2. The summed E-state index contributed by atoms with van der Waals surface area (Å²) in [6, 6.07) is 6.42. The molecule has 116 valence electrons. The highest BCUT2D eigenvalue weighted by Gasteiger charge is 2.22. The molecule has 0 heterocycles. The number of anilines is 2. The Morgan fingerprint density at radius 2 is 1.95 bits per heavy atom. The third kappa shape index (κ3) is 3.39. The van der Waals surface area contributed by atoms with Crippen LogP contribution in [0.3, 0.4) is 0 Å². The first kappa shape index (κ1) is 17.1. The summed E-state index contributed by atoms with van der Waals surface area (Å²) in [7, 11) is 0. The van der Waals surface area contributed by atoms with Crippen LogP contribution >= 0.6 is 38.5 Å². The van der Waals surface area contributed by atoms with Crippen LogP contribution in [0.5, 0.6) is 0 Å². The Kier molecular flexibility index (Phi) is 5.35. The van der Waals surface area contributed by atoms with Gasteiger partial charge in [0.15, 0.2) is 11.6 Å². The molecule has 0 atom stereocenters. The smallest absolute Gasteiger partial charge is 0.276 e. The summed E-state index contributed by atoms with van der Waals surface area (Å²) in [6.45, 7) is 1.80. The molecule has 0 aromatic heterocycles. The van der Waals surface area contributed by atoms with Crippen molar-refractivity contribution in [3.8, 4) is 0 Å². The first-order valence-electron chi connectivity index (χ1n) is 6.00. The monoisotopic (exact) mass is 482 g/mol. The predicted octanol–water partition coefficient (Wildman–Crippen LogP) is 4.50. The summed E-state index contributed by atoms with van der Waals surface area (Å²) in [4.78, 5) is 11.7. The molecule has 0 saturated heterocycles. The summed E-state index contributed by atoms with van der Waals surface area (Å²) >= 11 is 4.96. The van der Waals surface area contributed by atoms with Crippen LogP contribution in [0.25, 0.3) is 0 Å². The minimum absolute atomic E-state index is 0.214.